The van der Waals surface area contributed by atoms with Crippen molar-refractivity contribution in [2.75, 3.05) is 6.54 Å². The number of aryl methyl sites for hydroxylation is 1. The molecule has 30 heavy (non-hydrogen) atoms. The lowest BCUT2D eigenvalue weighted by Crippen LogP contribution is -2.35. The van der Waals surface area contributed by atoms with Crippen molar-refractivity contribution in [1.82, 2.24) is 9.47 Å². The molecular weight excluding hydrogens is 447 g/mol. The fraction of sp³-hybridized carbons (Fsp3) is 0.286. The minimum absolute atomic E-state index is 0.245. The monoisotopic (exact) mass is 466 g/mol. The van der Waals surface area contributed by atoms with Gasteiger partial charge < -0.3 is 9.30 Å². The predicted molar refractivity (Wildman–Crippen MR) is 119 cm³/mol. The molecule has 2 aromatic rings. The average molecular weight is 467 g/mol. The van der Waals surface area contributed by atoms with Gasteiger partial charge >= 0.3 is 5.97 Å². The van der Waals surface area contributed by atoms with Crippen molar-refractivity contribution in [1.29, 1.82) is 0 Å². The van der Waals surface area contributed by atoms with Crippen LogP contribution in [-0.2, 0) is 14.3 Å². The van der Waals surface area contributed by atoms with E-state index in [1.54, 1.807) is 38.1 Å². The van der Waals surface area contributed by atoms with E-state index < -0.39 is 23.7 Å². The van der Waals surface area contributed by atoms with Crippen LogP contribution in [0, 0.1) is 13.8 Å². The van der Waals surface area contributed by atoms with E-state index in [2.05, 4.69) is 0 Å². The van der Waals surface area contributed by atoms with E-state index in [4.69, 9.17) is 27.9 Å². The molecule has 2 heterocycles. The first-order chi connectivity index (χ1) is 14.1. The number of aromatic nitrogens is 1. The van der Waals surface area contributed by atoms with Gasteiger partial charge in [-0.3, -0.25) is 19.3 Å². The van der Waals surface area contributed by atoms with Gasteiger partial charge in [0.25, 0.3) is 11.1 Å². The molecule has 0 radical (unpaired) electrons. The molecule has 0 N–H and O–H groups in total. The Balaban J connectivity index is 1.91. The smallest absolute Gasteiger partial charge is 0.326 e. The fourth-order valence-corrected chi connectivity index (χ4v) is 4.37. The van der Waals surface area contributed by atoms with Gasteiger partial charge in [-0.1, -0.05) is 23.2 Å². The van der Waals surface area contributed by atoms with E-state index in [9.17, 15) is 14.4 Å². The summed E-state index contributed by atoms with van der Waals surface area (Å²) in [5, 5.41) is 0.591. The second-order valence-corrected chi connectivity index (χ2v) is 8.90. The Morgan fingerprint density at radius 2 is 1.90 bits per heavy atom. The van der Waals surface area contributed by atoms with Gasteiger partial charge in [0.05, 0.1) is 21.7 Å². The van der Waals surface area contributed by atoms with Crippen LogP contribution in [0.2, 0.25) is 10.0 Å². The van der Waals surface area contributed by atoms with Crippen molar-refractivity contribution in [3.63, 3.8) is 0 Å². The molecule has 0 atom stereocenters. The van der Waals surface area contributed by atoms with E-state index in [-0.39, 0.29) is 11.0 Å². The summed E-state index contributed by atoms with van der Waals surface area (Å²) < 4.78 is 6.96. The number of carbonyl (C=O) groups is 3. The fourth-order valence-electron chi connectivity index (χ4n) is 3.17. The summed E-state index contributed by atoms with van der Waals surface area (Å²) in [6, 6.07) is 7.09. The Hall–Kier alpha value is -2.22. The second kappa shape index (κ2) is 8.88. The normalized spacial score (nSPS) is 15.6. The molecule has 6 nitrogen and oxygen atoms in total. The number of benzene rings is 1. The number of halogens is 2. The molecule has 2 amide bonds. The standard InChI is InChI=1S/C21H20Cl2N2O4S/c1-11(2)29-19(26)10-24-20(27)18(30-21(24)28)8-14-7-12(3)25(13(14)4)17-9-15(22)5-6-16(17)23/h5-9,11H,10H2,1-4H3/b18-8+. The molecule has 3 rings (SSSR count). The first-order valence-electron chi connectivity index (χ1n) is 9.17. The van der Waals surface area contributed by atoms with Gasteiger partial charge in [-0.05, 0) is 75.4 Å². The van der Waals surface area contributed by atoms with Gasteiger partial charge in [0.2, 0.25) is 0 Å². The van der Waals surface area contributed by atoms with Crippen molar-refractivity contribution >= 4 is 58.2 Å². The van der Waals surface area contributed by atoms with E-state index >= 15 is 0 Å². The van der Waals surface area contributed by atoms with E-state index in [1.165, 1.54) is 0 Å². The summed E-state index contributed by atoms with van der Waals surface area (Å²) in [7, 11) is 0. The zero-order valence-corrected chi connectivity index (χ0v) is 19.2. The van der Waals surface area contributed by atoms with Crippen molar-refractivity contribution in [3.05, 3.63) is 56.2 Å². The number of hydrogen-bond donors (Lipinski definition) is 0. The molecule has 0 saturated carbocycles. The number of rotatable bonds is 5. The Kier molecular flexibility index (Phi) is 6.65. The lowest BCUT2D eigenvalue weighted by Gasteiger charge is -2.13. The molecular formula is C21H20Cl2N2O4S. The first-order valence-corrected chi connectivity index (χ1v) is 10.7. The number of nitrogens with zero attached hydrogens (tertiary/aromatic N) is 2. The molecule has 0 aliphatic carbocycles. The van der Waals surface area contributed by atoms with Gasteiger partial charge in [-0.2, -0.15) is 0 Å². The van der Waals surface area contributed by atoms with Crippen LogP contribution in [0.1, 0.15) is 30.8 Å². The van der Waals surface area contributed by atoms with Crippen molar-refractivity contribution < 1.29 is 19.1 Å². The zero-order chi connectivity index (χ0) is 22.2. The Morgan fingerprint density at radius 3 is 2.57 bits per heavy atom. The van der Waals surface area contributed by atoms with Crippen LogP contribution < -0.4 is 0 Å². The van der Waals surface area contributed by atoms with Gasteiger partial charge in [0.1, 0.15) is 6.54 Å². The minimum Gasteiger partial charge on any atom is -0.462 e. The number of ether oxygens (including phenoxy) is 1. The first kappa shape index (κ1) is 22.5. The molecule has 158 valence electrons. The van der Waals surface area contributed by atoms with Crippen molar-refractivity contribution in [3.8, 4) is 5.69 Å². The van der Waals surface area contributed by atoms with E-state index in [1.807, 2.05) is 24.5 Å². The second-order valence-electron chi connectivity index (χ2n) is 7.06. The Labute approximate surface area is 188 Å². The molecule has 1 aromatic carbocycles. The van der Waals surface area contributed by atoms with Crippen LogP contribution in [0.5, 0.6) is 0 Å². The maximum atomic E-state index is 12.7. The van der Waals surface area contributed by atoms with Crippen LogP contribution in [-0.4, -0.2) is 39.2 Å². The molecule has 1 fully saturated rings. The minimum atomic E-state index is -0.623. The molecule has 1 aliphatic heterocycles. The number of amides is 2. The molecule has 1 aromatic heterocycles. The number of carbonyl (C=O) groups excluding carboxylic acids is 3. The highest BCUT2D eigenvalue weighted by molar-refractivity contribution is 8.18. The topological polar surface area (TPSA) is 68.6 Å². The van der Waals surface area contributed by atoms with Gasteiger partial charge in [-0.15, -0.1) is 0 Å². The van der Waals surface area contributed by atoms with E-state index in [0.717, 1.165) is 39.3 Å². The third kappa shape index (κ3) is 4.58. The number of imide groups is 1. The van der Waals surface area contributed by atoms with Gasteiger partial charge in [0.15, 0.2) is 0 Å². The van der Waals surface area contributed by atoms with Crippen molar-refractivity contribution in [2.45, 2.75) is 33.8 Å². The molecule has 1 saturated heterocycles. The maximum absolute atomic E-state index is 12.7. The van der Waals surface area contributed by atoms with Gasteiger partial charge in [-0.25, -0.2) is 0 Å². The van der Waals surface area contributed by atoms with E-state index in [0.29, 0.717) is 10.0 Å². The summed E-state index contributed by atoms with van der Waals surface area (Å²) in [6.45, 7) is 6.80. The highest BCUT2D eigenvalue weighted by Gasteiger charge is 2.37. The summed E-state index contributed by atoms with van der Waals surface area (Å²) in [6.07, 6.45) is 1.33. The summed E-state index contributed by atoms with van der Waals surface area (Å²) >= 11 is 13.3. The van der Waals surface area contributed by atoms with Crippen LogP contribution in [0.15, 0.2) is 29.2 Å². The molecule has 9 heteroatoms. The molecule has 0 spiro atoms. The van der Waals surface area contributed by atoms with Crippen LogP contribution in [0.25, 0.3) is 11.8 Å². The maximum Gasteiger partial charge on any atom is 0.326 e. The van der Waals surface area contributed by atoms with Crippen molar-refractivity contribution in [2.24, 2.45) is 0 Å². The van der Waals surface area contributed by atoms with Crippen LogP contribution >= 0.6 is 35.0 Å². The number of hydrogen-bond acceptors (Lipinski definition) is 5. The third-order valence-electron chi connectivity index (χ3n) is 4.43. The number of thioether (sulfide) groups is 1. The summed E-state index contributed by atoms with van der Waals surface area (Å²) in [4.78, 5) is 37.9. The molecule has 1 aliphatic rings. The third-order valence-corrected chi connectivity index (χ3v) is 5.90. The zero-order valence-electron chi connectivity index (χ0n) is 16.9. The highest BCUT2D eigenvalue weighted by atomic mass is 35.5. The lowest BCUT2D eigenvalue weighted by atomic mass is 10.2. The SMILES string of the molecule is Cc1cc(/C=C2/SC(=O)N(CC(=O)OC(C)C)C2=O)c(C)n1-c1cc(Cl)ccc1Cl. The average Bonchev–Trinajstić information content (AvgIpc) is 3.07. The summed E-state index contributed by atoms with van der Waals surface area (Å²) in [5.41, 5.74) is 3.22. The Morgan fingerprint density at radius 1 is 1.20 bits per heavy atom. The van der Waals surface area contributed by atoms with Crippen LogP contribution in [0.3, 0.4) is 0 Å². The highest BCUT2D eigenvalue weighted by Crippen LogP contribution is 2.35. The molecule has 0 bridgehead atoms. The quantitative estimate of drug-likeness (QED) is 0.436. The lowest BCUT2D eigenvalue weighted by molar-refractivity contribution is -0.149. The Bertz CT molecular complexity index is 1080. The summed E-state index contributed by atoms with van der Waals surface area (Å²) in [5.74, 6) is -1.14. The predicted octanol–water partition coefficient (Wildman–Crippen LogP) is 5.39. The molecule has 0 unspecified atom stereocenters. The van der Waals surface area contributed by atoms with Crippen LogP contribution in [0.4, 0.5) is 4.79 Å². The number of esters is 1. The largest absolute Gasteiger partial charge is 0.462 e. The van der Waals surface area contributed by atoms with Gasteiger partial charge in [0, 0.05) is 16.4 Å².